The number of halogens is 1. The number of hydrogen-bond acceptors (Lipinski definition) is 1. The Morgan fingerprint density at radius 1 is 1.05 bits per heavy atom. The van der Waals surface area contributed by atoms with Crippen LogP contribution in [0.15, 0.2) is 48.5 Å². The molecule has 4 heteroatoms. The van der Waals surface area contributed by atoms with E-state index < -0.39 is 0 Å². The summed E-state index contributed by atoms with van der Waals surface area (Å²) in [6.45, 7) is 6.33. The van der Waals surface area contributed by atoms with E-state index in [1.165, 1.54) is 5.56 Å². The van der Waals surface area contributed by atoms with Crippen LogP contribution in [0.25, 0.3) is 0 Å². The fourth-order valence-electron chi connectivity index (χ4n) is 2.34. The molecule has 2 nitrogen and oxygen atoms in total. The molecule has 0 fully saturated rings. The van der Waals surface area contributed by atoms with E-state index in [1.807, 2.05) is 43.3 Å². The number of thiocarbonyl (C=S) groups is 1. The van der Waals surface area contributed by atoms with E-state index in [9.17, 15) is 0 Å². The highest BCUT2D eigenvalue weighted by atomic mass is 35.5. The van der Waals surface area contributed by atoms with E-state index in [0.29, 0.717) is 11.0 Å². The van der Waals surface area contributed by atoms with Crippen LogP contribution >= 0.6 is 23.8 Å². The van der Waals surface area contributed by atoms with Crippen LogP contribution in [0.5, 0.6) is 0 Å². The van der Waals surface area contributed by atoms with Crippen molar-refractivity contribution in [1.82, 2.24) is 5.32 Å². The Morgan fingerprint density at radius 3 is 2.36 bits per heavy atom. The second-order valence-electron chi connectivity index (χ2n) is 5.64. The summed E-state index contributed by atoms with van der Waals surface area (Å²) in [6.07, 6.45) is 0. The molecule has 0 unspecified atom stereocenters. The van der Waals surface area contributed by atoms with Gasteiger partial charge in [-0.1, -0.05) is 61.8 Å². The molecule has 0 aliphatic rings. The van der Waals surface area contributed by atoms with Crippen LogP contribution in [0.1, 0.15) is 31.0 Å². The third-order valence-corrected chi connectivity index (χ3v) is 4.26. The van der Waals surface area contributed by atoms with Crippen LogP contribution in [0, 0.1) is 12.8 Å². The predicted molar refractivity (Wildman–Crippen MR) is 99.6 cm³/mol. The normalized spacial score (nSPS) is 12.0. The van der Waals surface area contributed by atoms with E-state index in [1.54, 1.807) is 0 Å². The maximum Gasteiger partial charge on any atom is 0.171 e. The molecular weight excluding hydrogens is 312 g/mol. The lowest BCUT2D eigenvalue weighted by Crippen LogP contribution is -2.35. The molecular formula is C18H21ClN2S. The molecule has 0 heterocycles. The molecule has 22 heavy (non-hydrogen) atoms. The van der Waals surface area contributed by atoms with Crippen molar-refractivity contribution in [2.45, 2.75) is 26.8 Å². The summed E-state index contributed by atoms with van der Waals surface area (Å²) in [4.78, 5) is 0. The van der Waals surface area contributed by atoms with Crippen molar-refractivity contribution < 1.29 is 0 Å². The molecule has 0 amide bonds. The topological polar surface area (TPSA) is 24.1 Å². The monoisotopic (exact) mass is 332 g/mol. The fraction of sp³-hybridized carbons (Fsp3) is 0.278. The van der Waals surface area contributed by atoms with Crippen LogP contribution in [0.4, 0.5) is 5.69 Å². The Hall–Kier alpha value is -1.58. The predicted octanol–water partition coefficient (Wildman–Crippen LogP) is 5.33. The molecule has 116 valence electrons. The van der Waals surface area contributed by atoms with Gasteiger partial charge in [0.25, 0.3) is 0 Å². The molecule has 2 aromatic rings. The Bertz CT molecular complexity index is 641. The summed E-state index contributed by atoms with van der Waals surface area (Å²) in [6, 6.07) is 16.3. The van der Waals surface area contributed by atoms with Crippen molar-refractivity contribution in [3.8, 4) is 0 Å². The molecule has 0 bridgehead atoms. The number of rotatable bonds is 4. The minimum absolute atomic E-state index is 0.167. The number of hydrogen-bond donors (Lipinski definition) is 2. The van der Waals surface area contributed by atoms with Crippen molar-refractivity contribution >= 4 is 34.6 Å². The van der Waals surface area contributed by atoms with Gasteiger partial charge in [0.15, 0.2) is 5.11 Å². The molecule has 0 aliphatic heterocycles. The maximum atomic E-state index is 6.15. The van der Waals surface area contributed by atoms with Gasteiger partial charge in [-0.2, -0.15) is 0 Å². The molecule has 0 aromatic heterocycles. The molecule has 2 rings (SSSR count). The van der Waals surface area contributed by atoms with Gasteiger partial charge in [0.05, 0.1) is 6.04 Å². The van der Waals surface area contributed by atoms with Crippen LogP contribution in [0.3, 0.4) is 0 Å². The molecule has 0 spiro atoms. The highest BCUT2D eigenvalue weighted by molar-refractivity contribution is 7.80. The second-order valence-corrected chi connectivity index (χ2v) is 6.46. The van der Waals surface area contributed by atoms with Gasteiger partial charge >= 0.3 is 0 Å². The third-order valence-electron chi connectivity index (χ3n) is 3.63. The number of anilines is 1. The average molecular weight is 333 g/mol. The SMILES string of the molecule is Cc1c(Cl)cccc1NC(=S)N[C@@H](c1ccccc1)C(C)C. The van der Waals surface area contributed by atoms with Gasteiger partial charge in [-0.25, -0.2) is 0 Å². The highest BCUT2D eigenvalue weighted by Crippen LogP contribution is 2.24. The minimum atomic E-state index is 0.167. The molecule has 2 N–H and O–H groups in total. The summed E-state index contributed by atoms with van der Waals surface area (Å²) in [5.41, 5.74) is 3.15. The summed E-state index contributed by atoms with van der Waals surface area (Å²) in [5.74, 6) is 0.419. The lowest BCUT2D eigenvalue weighted by molar-refractivity contribution is 0.473. The second kappa shape index (κ2) is 7.61. The molecule has 0 aliphatic carbocycles. The van der Waals surface area contributed by atoms with Crippen molar-refractivity contribution in [2.24, 2.45) is 5.92 Å². The molecule has 1 atom stereocenters. The Morgan fingerprint density at radius 2 is 1.73 bits per heavy atom. The first-order valence-electron chi connectivity index (χ1n) is 7.36. The molecule has 0 saturated heterocycles. The third kappa shape index (κ3) is 4.21. The largest absolute Gasteiger partial charge is 0.355 e. The average Bonchev–Trinajstić information content (AvgIpc) is 2.50. The van der Waals surface area contributed by atoms with Gasteiger partial charge in [0.1, 0.15) is 0 Å². The smallest absolute Gasteiger partial charge is 0.171 e. The van der Waals surface area contributed by atoms with E-state index in [-0.39, 0.29) is 6.04 Å². The van der Waals surface area contributed by atoms with Gasteiger partial charge < -0.3 is 10.6 Å². The Balaban J connectivity index is 2.11. The van der Waals surface area contributed by atoms with E-state index in [0.717, 1.165) is 16.3 Å². The fourth-order valence-corrected chi connectivity index (χ4v) is 2.75. The lowest BCUT2D eigenvalue weighted by atomic mass is 9.96. The van der Waals surface area contributed by atoms with Crippen LogP contribution in [-0.4, -0.2) is 5.11 Å². The van der Waals surface area contributed by atoms with Gasteiger partial charge in [0.2, 0.25) is 0 Å². The van der Waals surface area contributed by atoms with Crippen molar-refractivity contribution in [2.75, 3.05) is 5.32 Å². The zero-order valence-electron chi connectivity index (χ0n) is 13.1. The summed E-state index contributed by atoms with van der Waals surface area (Å²) >= 11 is 11.6. The summed E-state index contributed by atoms with van der Waals surface area (Å²) < 4.78 is 0. The summed E-state index contributed by atoms with van der Waals surface area (Å²) in [7, 11) is 0. The van der Waals surface area contributed by atoms with Gasteiger partial charge in [0, 0.05) is 10.7 Å². The first-order chi connectivity index (χ1) is 10.5. The van der Waals surface area contributed by atoms with E-state index >= 15 is 0 Å². The first-order valence-corrected chi connectivity index (χ1v) is 8.15. The quantitative estimate of drug-likeness (QED) is 0.740. The van der Waals surface area contributed by atoms with Crippen LogP contribution < -0.4 is 10.6 Å². The van der Waals surface area contributed by atoms with Crippen molar-refractivity contribution in [1.29, 1.82) is 0 Å². The number of benzene rings is 2. The maximum absolute atomic E-state index is 6.15. The molecule has 2 aromatic carbocycles. The van der Waals surface area contributed by atoms with E-state index in [4.69, 9.17) is 23.8 Å². The summed E-state index contributed by atoms with van der Waals surface area (Å²) in [5, 5.41) is 7.98. The van der Waals surface area contributed by atoms with Gasteiger partial charge in [-0.3, -0.25) is 0 Å². The van der Waals surface area contributed by atoms with Crippen molar-refractivity contribution in [3.05, 3.63) is 64.7 Å². The zero-order chi connectivity index (χ0) is 16.1. The van der Waals surface area contributed by atoms with Crippen LogP contribution in [-0.2, 0) is 0 Å². The Kier molecular flexibility index (Phi) is 5.81. The minimum Gasteiger partial charge on any atom is -0.355 e. The number of nitrogens with one attached hydrogen (secondary N) is 2. The zero-order valence-corrected chi connectivity index (χ0v) is 14.6. The van der Waals surface area contributed by atoms with Crippen molar-refractivity contribution in [3.63, 3.8) is 0 Å². The van der Waals surface area contributed by atoms with Gasteiger partial charge in [-0.05, 0) is 48.3 Å². The van der Waals surface area contributed by atoms with Gasteiger partial charge in [-0.15, -0.1) is 0 Å². The molecule has 0 radical (unpaired) electrons. The lowest BCUT2D eigenvalue weighted by Gasteiger charge is -2.25. The highest BCUT2D eigenvalue weighted by Gasteiger charge is 2.16. The van der Waals surface area contributed by atoms with E-state index in [2.05, 4.69) is 36.6 Å². The molecule has 0 saturated carbocycles. The Labute approximate surface area is 142 Å². The standard InChI is InChI=1S/C18H21ClN2S/c1-12(2)17(14-8-5-4-6-9-14)21-18(22)20-16-11-7-10-15(19)13(16)3/h4-12,17H,1-3H3,(H2,20,21,22)/t17-/m1/s1. The van der Waals surface area contributed by atoms with Crippen LogP contribution in [0.2, 0.25) is 5.02 Å². The first kappa shape index (κ1) is 16.8.